The second-order valence-electron chi connectivity index (χ2n) is 6.00. The van der Waals surface area contributed by atoms with Gasteiger partial charge in [-0.25, -0.2) is 4.79 Å². The molecular weight excluding hydrogens is 394 g/mol. The van der Waals surface area contributed by atoms with Gasteiger partial charge in [0.2, 0.25) is 5.76 Å². The molecule has 2 aromatic carbocycles. The van der Waals surface area contributed by atoms with E-state index in [0.29, 0.717) is 11.3 Å². The summed E-state index contributed by atoms with van der Waals surface area (Å²) in [6.07, 6.45) is 0. The number of nitrogens with zero attached hydrogens (tertiary/aromatic N) is 1. The Bertz CT molecular complexity index is 1120. The molecule has 3 aromatic rings. The molecule has 0 aliphatic carbocycles. The van der Waals surface area contributed by atoms with Crippen LogP contribution in [0.2, 0.25) is 0 Å². The van der Waals surface area contributed by atoms with Gasteiger partial charge in [0.25, 0.3) is 17.5 Å². The number of nitro benzene ring substituents is 1. The van der Waals surface area contributed by atoms with Crippen LogP contribution in [-0.4, -0.2) is 29.3 Å². The first-order chi connectivity index (χ1) is 14.3. The van der Waals surface area contributed by atoms with Gasteiger partial charge in [-0.1, -0.05) is 12.1 Å². The van der Waals surface area contributed by atoms with Crippen LogP contribution >= 0.6 is 0 Å². The van der Waals surface area contributed by atoms with E-state index >= 15 is 0 Å². The summed E-state index contributed by atoms with van der Waals surface area (Å²) >= 11 is 0. The fourth-order valence-corrected chi connectivity index (χ4v) is 2.55. The number of nitro groups is 1. The number of amides is 2. The molecule has 30 heavy (non-hydrogen) atoms. The Morgan fingerprint density at radius 2 is 1.73 bits per heavy atom. The summed E-state index contributed by atoms with van der Waals surface area (Å²) in [5, 5.41) is 13.1. The van der Waals surface area contributed by atoms with E-state index in [4.69, 9.17) is 14.9 Å². The van der Waals surface area contributed by atoms with Crippen LogP contribution in [0.15, 0.2) is 65.1 Å². The molecule has 10 heteroatoms. The highest BCUT2D eigenvalue weighted by Crippen LogP contribution is 2.25. The highest BCUT2D eigenvalue weighted by Gasteiger charge is 2.17. The van der Waals surface area contributed by atoms with Gasteiger partial charge in [-0.2, -0.15) is 0 Å². The smallest absolute Gasteiger partial charge is 0.374 e. The highest BCUT2D eigenvalue weighted by atomic mass is 16.6. The van der Waals surface area contributed by atoms with Gasteiger partial charge in [0.15, 0.2) is 6.61 Å². The van der Waals surface area contributed by atoms with Crippen LogP contribution < -0.4 is 11.1 Å². The Morgan fingerprint density at radius 3 is 2.40 bits per heavy atom. The molecule has 0 atom stereocenters. The second-order valence-corrected chi connectivity index (χ2v) is 6.00. The van der Waals surface area contributed by atoms with Gasteiger partial charge in [-0.15, -0.1) is 0 Å². The zero-order valence-corrected chi connectivity index (χ0v) is 15.4. The number of esters is 1. The van der Waals surface area contributed by atoms with Gasteiger partial charge < -0.3 is 20.2 Å². The van der Waals surface area contributed by atoms with Crippen LogP contribution in [0.3, 0.4) is 0 Å². The number of anilines is 1. The molecule has 0 saturated carbocycles. The number of benzene rings is 2. The van der Waals surface area contributed by atoms with Crippen LogP contribution in [0.4, 0.5) is 11.4 Å². The lowest BCUT2D eigenvalue weighted by Gasteiger charge is -2.08. The number of nitrogens with two attached hydrogens (primary N) is 1. The molecule has 1 aromatic heterocycles. The number of nitrogens with one attached hydrogen (secondary N) is 1. The van der Waals surface area contributed by atoms with Crippen LogP contribution in [0.25, 0.3) is 11.3 Å². The van der Waals surface area contributed by atoms with Crippen LogP contribution in [0.5, 0.6) is 0 Å². The number of hydrogen-bond acceptors (Lipinski definition) is 7. The molecule has 0 fully saturated rings. The molecule has 3 rings (SSSR count). The quantitative estimate of drug-likeness (QED) is 0.345. The van der Waals surface area contributed by atoms with E-state index in [2.05, 4.69) is 5.32 Å². The van der Waals surface area contributed by atoms with Gasteiger partial charge in [0.1, 0.15) is 5.76 Å². The largest absolute Gasteiger partial charge is 0.450 e. The van der Waals surface area contributed by atoms with Crippen molar-refractivity contribution >= 4 is 29.2 Å². The van der Waals surface area contributed by atoms with Crippen LogP contribution in [0, 0.1) is 10.1 Å². The lowest BCUT2D eigenvalue weighted by atomic mass is 10.1. The minimum atomic E-state index is -0.874. The van der Waals surface area contributed by atoms with E-state index in [1.54, 1.807) is 12.1 Å². The maximum Gasteiger partial charge on any atom is 0.374 e. The third kappa shape index (κ3) is 4.68. The van der Waals surface area contributed by atoms with Crippen molar-refractivity contribution < 1.29 is 28.5 Å². The SMILES string of the molecule is NC(=O)c1ccccc1NC(=O)COC(=O)c1ccc(-c2ccc([N+](=O)[O-])cc2)o1. The standard InChI is InChI=1S/C20H15N3O7/c21-19(25)14-3-1-2-4-15(14)22-18(24)11-29-20(26)17-10-9-16(30-17)12-5-7-13(8-6-12)23(27)28/h1-10H,11H2,(H2,21,25)(H,22,24). The minimum Gasteiger partial charge on any atom is -0.450 e. The number of primary amides is 1. The van der Waals surface area contributed by atoms with E-state index in [9.17, 15) is 24.5 Å². The molecular formula is C20H15N3O7. The summed E-state index contributed by atoms with van der Waals surface area (Å²) in [4.78, 5) is 45.7. The maximum atomic E-state index is 12.1. The Labute approximate surface area is 169 Å². The molecule has 1 heterocycles. The number of carbonyl (C=O) groups excluding carboxylic acids is 3. The van der Waals surface area contributed by atoms with E-state index in [0.717, 1.165) is 0 Å². The van der Waals surface area contributed by atoms with Crippen molar-refractivity contribution in [1.29, 1.82) is 0 Å². The molecule has 0 radical (unpaired) electrons. The first kappa shape index (κ1) is 20.3. The van der Waals surface area contributed by atoms with Crippen molar-refractivity contribution in [2.45, 2.75) is 0 Å². The summed E-state index contributed by atoms with van der Waals surface area (Å²) in [7, 11) is 0. The third-order valence-electron chi connectivity index (χ3n) is 3.97. The monoisotopic (exact) mass is 409 g/mol. The number of carbonyl (C=O) groups is 3. The zero-order valence-electron chi connectivity index (χ0n) is 15.4. The Kier molecular flexibility index (Phi) is 5.87. The van der Waals surface area contributed by atoms with Crippen molar-refractivity contribution in [3.8, 4) is 11.3 Å². The highest BCUT2D eigenvalue weighted by molar-refractivity contribution is 6.03. The molecule has 2 amide bonds. The molecule has 0 spiro atoms. The van der Waals surface area contributed by atoms with Crippen LogP contribution in [-0.2, 0) is 9.53 Å². The molecule has 0 aliphatic heterocycles. The Balaban J connectivity index is 1.60. The molecule has 0 bridgehead atoms. The summed E-state index contributed by atoms with van der Waals surface area (Å²) in [5.41, 5.74) is 6.01. The summed E-state index contributed by atoms with van der Waals surface area (Å²) in [6.45, 7) is -0.612. The van der Waals surface area contributed by atoms with Gasteiger partial charge in [0, 0.05) is 17.7 Å². The minimum absolute atomic E-state index is 0.0751. The molecule has 0 unspecified atom stereocenters. The average Bonchev–Trinajstić information content (AvgIpc) is 3.22. The lowest BCUT2D eigenvalue weighted by Crippen LogP contribution is -2.23. The molecule has 0 aliphatic rings. The topological polar surface area (TPSA) is 155 Å². The van der Waals surface area contributed by atoms with E-state index in [-0.39, 0.29) is 22.7 Å². The summed E-state index contributed by atoms with van der Waals surface area (Å²) < 4.78 is 10.3. The number of hydrogen-bond donors (Lipinski definition) is 2. The first-order valence-corrected chi connectivity index (χ1v) is 8.55. The fourth-order valence-electron chi connectivity index (χ4n) is 2.55. The third-order valence-corrected chi connectivity index (χ3v) is 3.97. The fraction of sp³-hybridized carbons (Fsp3) is 0.0500. The summed E-state index contributed by atoms with van der Waals surface area (Å²) in [5.74, 6) is -2.09. The molecule has 0 saturated heterocycles. The van der Waals surface area contributed by atoms with E-state index < -0.39 is 29.3 Å². The molecule has 152 valence electrons. The lowest BCUT2D eigenvalue weighted by molar-refractivity contribution is -0.384. The van der Waals surface area contributed by atoms with E-state index in [1.807, 2.05) is 0 Å². The van der Waals surface area contributed by atoms with E-state index in [1.165, 1.54) is 48.5 Å². The number of furan rings is 1. The number of non-ortho nitro benzene ring substituents is 1. The van der Waals surface area contributed by atoms with Crippen molar-refractivity contribution in [3.05, 3.63) is 82.1 Å². The normalized spacial score (nSPS) is 10.3. The van der Waals surface area contributed by atoms with Crippen molar-refractivity contribution in [2.24, 2.45) is 5.73 Å². The van der Waals surface area contributed by atoms with Crippen molar-refractivity contribution in [1.82, 2.24) is 0 Å². The number of para-hydroxylation sites is 1. The number of ether oxygens (including phenoxy) is 1. The van der Waals surface area contributed by atoms with Gasteiger partial charge in [-0.3, -0.25) is 19.7 Å². The van der Waals surface area contributed by atoms with Crippen LogP contribution in [0.1, 0.15) is 20.9 Å². The van der Waals surface area contributed by atoms with Gasteiger partial charge >= 0.3 is 5.97 Å². The predicted octanol–water partition coefficient (Wildman–Crippen LogP) is 2.75. The predicted molar refractivity (Wildman–Crippen MR) is 105 cm³/mol. The Hall–Kier alpha value is -4.47. The first-order valence-electron chi connectivity index (χ1n) is 8.55. The average molecular weight is 409 g/mol. The molecule has 3 N–H and O–H groups in total. The second kappa shape index (κ2) is 8.69. The van der Waals surface area contributed by atoms with Gasteiger partial charge in [0.05, 0.1) is 16.2 Å². The Morgan fingerprint density at radius 1 is 1.03 bits per heavy atom. The molecule has 10 nitrogen and oxygen atoms in total. The van der Waals surface area contributed by atoms with Gasteiger partial charge in [-0.05, 0) is 36.4 Å². The van der Waals surface area contributed by atoms with Crippen molar-refractivity contribution in [3.63, 3.8) is 0 Å². The summed E-state index contributed by atoms with van der Waals surface area (Å²) in [6, 6.07) is 14.6. The zero-order chi connectivity index (χ0) is 21.7. The number of rotatable bonds is 7. The van der Waals surface area contributed by atoms with Crippen molar-refractivity contribution in [2.75, 3.05) is 11.9 Å². The maximum absolute atomic E-state index is 12.1.